The minimum absolute atomic E-state index is 0.127. The van der Waals surface area contributed by atoms with Gasteiger partial charge < -0.3 is 39.0 Å². The van der Waals surface area contributed by atoms with Crippen molar-refractivity contribution in [2.24, 2.45) is 28.7 Å². The van der Waals surface area contributed by atoms with Crippen molar-refractivity contribution in [2.75, 3.05) is 27.2 Å². The summed E-state index contributed by atoms with van der Waals surface area (Å²) in [6, 6.07) is 6.28. The van der Waals surface area contributed by atoms with Crippen molar-refractivity contribution in [3.63, 3.8) is 0 Å². The summed E-state index contributed by atoms with van der Waals surface area (Å²) in [5.74, 6) is -5.92. The summed E-state index contributed by atoms with van der Waals surface area (Å²) in [6.45, 7) is 17.0. The predicted octanol–water partition coefficient (Wildman–Crippen LogP) is 4.57. The van der Waals surface area contributed by atoms with Crippen LogP contribution < -0.4 is 5.32 Å². The number of Topliss-reactive ketones (excluding diaryl/α,β-unsaturated/α-hetero) is 2. The Morgan fingerprint density at radius 3 is 2.31 bits per heavy atom. The summed E-state index contributed by atoms with van der Waals surface area (Å²) in [7, 11) is 3.66. The quantitative estimate of drug-likeness (QED) is 0.223. The fourth-order valence-corrected chi connectivity index (χ4v) is 9.28. The topological polar surface area (TPSA) is 183 Å². The number of ether oxygens (including phenoxy) is 5. The van der Waals surface area contributed by atoms with E-state index in [4.69, 9.17) is 28.7 Å². The van der Waals surface area contributed by atoms with Crippen LogP contribution in [0.1, 0.15) is 85.8 Å². The third-order valence-corrected chi connectivity index (χ3v) is 12.5. The zero-order valence-electron chi connectivity index (χ0n) is 35.6. The molecule has 58 heavy (non-hydrogen) atoms. The Morgan fingerprint density at radius 1 is 1.02 bits per heavy atom. The summed E-state index contributed by atoms with van der Waals surface area (Å²) < 4.78 is 31.3. The van der Waals surface area contributed by atoms with E-state index in [1.165, 1.54) is 11.8 Å². The first-order chi connectivity index (χ1) is 27.2. The normalized spacial score (nSPS) is 38.7. The van der Waals surface area contributed by atoms with Gasteiger partial charge in [-0.3, -0.25) is 24.3 Å². The lowest BCUT2D eigenvalue weighted by atomic mass is 9.73. The molecule has 0 radical (unpaired) electrons. The average molecular weight is 811 g/mol. The van der Waals surface area contributed by atoms with E-state index in [1.807, 2.05) is 50.2 Å². The molecule has 4 fully saturated rings. The molecule has 2 bridgehead atoms. The van der Waals surface area contributed by atoms with Gasteiger partial charge in [-0.05, 0) is 72.2 Å². The number of nitrogens with one attached hydrogen (secondary N) is 1. The number of hydrogen-bond donors (Lipinski definition) is 2. The highest BCUT2D eigenvalue weighted by atomic mass is 16.7. The number of ketones is 2. The fraction of sp³-hybridized carbons (Fsp3) is 0.674. The first-order valence-electron chi connectivity index (χ1n) is 20.4. The van der Waals surface area contributed by atoms with Crippen molar-refractivity contribution in [2.45, 2.75) is 135 Å². The number of esters is 1. The van der Waals surface area contributed by atoms with Crippen molar-refractivity contribution in [3.05, 3.63) is 42.0 Å². The maximum atomic E-state index is 14.8. The lowest BCUT2D eigenvalue weighted by Crippen LogP contribution is -2.60. The molecule has 0 aromatic heterocycles. The first kappa shape index (κ1) is 44.9. The highest BCUT2D eigenvalue weighted by molar-refractivity contribution is 6.00. The Labute approximate surface area is 341 Å². The fourth-order valence-electron chi connectivity index (χ4n) is 9.28. The molecular weight excluding hydrogens is 748 g/mol. The maximum Gasteiger partial charge on any atom is 0.411 e. The molecule has 0 aliphatic carbocycles. The van der Waals surface area contributed by atoms with Gasteiger partial charge in [0, 0.05) is 23.8 Å². The van der Waals surface area contributed by atoms with Gasteiger partial charge in [0.05, 0.1) is 37.5 Å². The molecule has 4 heterocycles. The number of benzene rings is 1. The van der Waals surface area contributed by atoms with Crippen LogP contribution in [0.3, 0.4) is 0 Å². The number of aliphatic imine (C=N–C) groups is 1. The number of hydrogen-bond acceptors (Lipinski definition) is 13. The van der Waals surface area contributed by atoms with E-state index >= 15 is 0 Å². The molecule has 0 spiro atoms. The number of carbonyl (C=O) groups is 5. The van der Waals surface area contributed by atoms with Crippen LogP contribution in [0.4, 0.5) is 9.59 Å². The number of alkyl carbamates (subject to hydrolysis) is 1. The number of aliphatic hydroxyl groups is 1. The van der Waals surface area contributed by atoms with E-state index in [0.717, 1.165) is 11.1 Å². The zero-order valence-corrected chi connectivity index (χ0v) is 35.6. The zero-order chi connectivity index (χ0) is 42.9. The van der Waals surface area contributed by atoms with Gasteiger partial charge in [-0.15, -0.1) is 0 Å². The van der Waals surface area contributed by atoms with Gasteiger partial charge in [-0.1, -0.05) is 64.6 Å². The number of likely N-dealkylation sites (N-methyl/N-ethyl adjacent to an activating group) is 1. The molecule has 0 saturated carbocycles. The number of amides is 2. The van der Waals surface area contributed by atoms with Crippen LogP contribution in [-0.2, 0) is 44.6 Å². The second-order valence-electron chi connectivity index (χ2n) is 17.2. The van der Waals surface area contributed by atoms with Crippen molar-refractivity contribution in [3.8, 4) is 0 Å². The molecule has 320 valence electrons. The first-order valence-corrected chi connectivity index (χ1v) is 20.4. The average Bonchev–Trinajstić information content (AvgIpc) is 3.44. The van der Waals surface area contributed by atoms with Crippen molar-refractivity contribution in [1.29, 1.82) is 0 Å². The highest BCUT2D eigenvalue weighted by Gasteiger charge is 2.61. The van der Waals surface area contributed by atoms with Gasteiger partial charge in [0.15, 0.2) is 17.7 Å². The second-order valence-corrected chi connectivity index (χ2v) is 17.2. The molecule has 1 aromatic carbocycles. The van der Waals surface area contributed by atoms with E-state index in [0.29, 0.717) is 12.1 Å². The molecule has 5 rings (SSSR count). The Balaban J connectivity index is 1.68. The van der Waals surface area contributed by atoms with Gasteiger partial charge >= 0.3 is 18.2 Å². The van der Waals surface area contributed by atoms with Gasteiger partial charge in [0.2, 0.25) is 0 Å². The third kappa shape index (κ3) is 9.17. The van der Waals surface area contributed by atoms with E-state index in [9.17, 15) is 29.1 Å². The summed E-state index contributed by atoms with van der Waals surface area (Å²) in [4.78, 5) is 79.4. The summed E-state index contributed by atoms with van der Waals surface area (Å²) in [6.07, 6.45) is -4.51. The summed E-state index contributed by atoms with van der Waals surface area (Å²) >= 11 is 0. The Morgan fingerprint density at radius 2 is 1.69 bits per heavy atom. The molecule has 4 saturated heterocycles. The van der Waals surface area contributed by atoms with Gasteiger partial charge in [0.25, 0.3) is 0 Å². The van der Waals surface area contributed by atoms with Gasteiger partial charge in [0.1, 0.15) is 35.6 Å². The van der Waals surface area contributed by atoms with Gasteiger partial charge in [-0.25, -0.2) is 9.59 Å². The molecule has 15 nitrogen and oxygen atoms in total. The van der Waals surface area contributed by atoms with Crippen LogP contribution in [0.25, 0.3) is 6.08 Å². The molecule has 0 unspecified atom stereocenters. The Bertz CT molecular complexity index is 1750. The molecular formula is C43H62N4O11. The number of carbonyl (C=O) groups excluding carboxylic acids is 5. The number of aliphatic hydroxyl groups excluding tert-OH is 1. The SMILES string of the molecule is C=Cc1ccc(CN=C2CNC(=O)O[C@]3(C)C[C@@H](C)C(=O)[C@H](C)[C@@H]4N(C2)C(=O)O[C@]4(C)[C@@H](CC)OC(=O)[C@H](C)C(=O)[C@H](C)[C@H]3O[C@@H]2O[C@H](C)C[C@H](N(C)C)[C@H]2O)cc1. The van der Waals surface area contributed by atoms with Crippen LogP contribution in [0.2, 0.25) is 0 Å². The molecule has 15 heteroatoms. The van der Waals surface area contributed by atoms with Crippen LogP contribution in [0.15, 0.2) is 35.8 Å². The second kappa shape index (κ2) is 18.0. The Kier molecular flexibility index (Phi) is 13.9. The van der Waals surface area contributed by atoms with Crippen LogP contribution in [0.5, 0.6) is 0 Å². The van der Waals surface area contributed by atoms with Crippen molar-refractivity contribution in [1.82, 2.24) is 15.1 Å². The van der Waals surface area contributed by atoms with E-state index in [-0.39, 0.29) is 50.4 Å². The number of fused-ring (bicyclic) bond motifs is 4. The lowest BCUT2D eigenvalue weighted by molar-refractivity contribution is -0.292. The minimum atomic E-state index is -1.73. The predicted molar refractivity (Wildman–Crippen MR) is 215 cm³/mol. The van der Waals surface area contributed by atoms with Crippen LogP contribution >= 0.6 is 0 Å². The summed E-state index contributed by atoms with van der Waals surface area (Å²) in [5.41, 5.74) is -1.08. The maximum absolute atomic E-state index is 14.8. The van der Waals surface area contributed by atoms with Gasteiger partial charge in [-0.2, -0.15) is 0 Å². The van der Waals surface area contributed by atoms with E-state index in [2.05, 4.69) is 11.9 Å². The van der Waals surface area contributed by atoms with Crippen molar-refractivity contribution >= 4 is 41.5 Å². The third-order valence-electron chi connectivity index (χ3n) is 12.5. The smallest absolute Gasteiger partial charge is 0.411 e. The standard InChI is InChI=1S/C43H62N4O11/c1-12-28-14-16-29(17-15-28)20-44-30-21-45-40(52)57-42(8)19-23(3)33(48)25(5)36-43(9,58-41(53)47(36)22-30)32(13-2)55-38(51)27(7)34(49)26(6)37(42)56-39-35(50)31(46(10)11)18-24(4)54-39/h12,14-17,23-27,31-32,35-37,39,50H,1,13,18-22H2,2-11H3,(H,45,52)/t23-,24-,25+,26+,27-,31+,32-,35-,36+,37-,39+,42-,43-/m1/s1. The molecule has 4 aliphatic heterocycles. The lowest BCUT2D eigenvalue weighted by Gasteiger charge is -2.47. The number of nitrogens with zero attached hydrogens (tertiary/aromatic N) is 3. The number of cyclic esters (lactones) is 1. The van der Waals surface area contributed by atoms with Crippen molar-refractivity contribution < 1.29 is 52.8 Å². The van der Waals surface area contributed by atoms with Crippen LogP contribution in [0, 0.1) is 23.7 Å². The Hall–Kier alpha value is -4.18. The number of rotatable bonds is 7. The molecule has 4 aliphatic rings. The molecule has 13 atom stereocenters. The summed E-state index contributed by atoms with van der Waals surface area (Å²) in [5, 5.41) is 14.4. The monoisotopic (exact) mass is 810 g/mol. The largest absolute Gasteiger partial charge is 0.458 e. The van der Waals surface area contributed by atoms with Crippen LogP contribution in [-0.4, -0.2) is 132 Å². The molecule has 1 aromatic rings. The molecule has 2 N–H and O–H groups in total. The van der Waals surface area contributed by atoms with E-state index < -0.39 is 89.5 Å². The highest BCUT2D eigenvalue weighted by Crippen LogP contribution is 2.43. The molecule has 2 amide bonds. The van der Waals surface area contributed by atoms with E-state index in [1.54, 1.807) is 47.6 Å². The minimum Gasteiger partial charge on any atom is -0.458 e.